The van der Waals surface area contributed by atoms with Gasteiger partial charge < -0.3 is 5.32 Å². The Balaban J connectivity index is 2.01. The van der Waals surface area contributed by atoms with Gasteiger partial charge in [-0.05, 0) is 24.0 Å². The third-order valence-corrected chi connectivity index (χ3v) is 3.04. The van der Waals surface area contributed by atoms with Crippen molar-refractivity contribution < 1.29 is 4.79 Å². The van der Waals surface area contributed by atoms with Crippen LogP contribution in [0.4, 0.5) is 0 Å². The van der Waals surface area contributed by atoms with E-state index in [1.54, 1.807) is 0 Å². The molecule has 0 fully saturated rings. The predicted molar refractivity (Wildman–Crippen MR) is 73.1 cm³/mol. The lowest BCUT2D eigenvalue weighted by Gasteiger charge is -2.16. The van der Waals surface area contributed by atoms with Crippen LogP contribution in [0.5, 0.6) is 0 Å². The number of carbonyl (C=O) groups excluding carboxylic acids is 1. The van der Waals surface area contributed by atoms with Crippen LogP contribution in [-0.4, -0.2) is 6.41 Å². The molecule has 0 heterocycles. The molecule has 92 valence electrons. The first kappa shape index (κ1) is 12.4. The van der Waals surface area contributed by atoms with Crippen molar-refractivity contribution >= 4 is 6.41 Å². The normalized spacial score (nSPS) is 11.8. The lowest BCUT2D eigenvalue weighted by Crippen LogP contribution is -2.20. The molecule has 1 unspecified atom stereocenters. The van der Waals surface area contributed by atoms with Crippen molar-refractivity contribution in [3.8, 4) is 0 Å². The van der Waals surface area contributed by atoms with Crippen molar-refractivity contribution in [1.29, 1.82) is 0 Å². The Bertz CT molecular complexity index is 467. The van der Waals surface area contributed by atoms with E-state index < -0.39 is 0 Å². The molecule has 1 N–H and O–H groups in total. The Labute approximate surface area is 108 Å². The molecule has 0 saturated heterocycles. The molecule has 0 aliphatic rings. The van der Waals surface area contributed by atoms with Crippen LogP contribution in [0.25, 0.3) is 0 Å². The van der Waals surface area contributed by atoms with Gasteiger partial charge in [-0.15, -0.1) is 0 Å². The summed E-state index contributed by atoms with van der Waals surface area (Å²) in [7, 11) is 0. The number of benzene rings is 2. The molecule has 1 atom stereocenters. The second kappa shape index (κ2) is 6.60. The molecule has 0 bridgehead atoms. The Morgan fingerprint density at radius 3 is 2.17 bits per heavy atom. The van der Waals surface area contributed by atoms with E-state index in [4.69, 9.17) is 0 Å². The average molecular weight is 239 g/mol. The smallest absolute Gasteiger partial charge is 0.207 e. The lowest BCUT2D eigenvalue weighted by molar-refractivity contribution is -0.110. The van der Waals surface area contributed by atoms with Gasteiger partial charge in [-0.1, -0.05) is 60.7 Å². The summed E-state index contributed by atoms with van der Waals surface area (Å²) in [6, 6.07) is 20.5. The number of amides is 1. The highest BCUT2D eigenvalue weighted by Crippen LogP contribution is 2.18. The molecule has 2 heteroatoms. The van der Waals surface area contributed by atoms with Gasteiger partial charge in [-0.25, -0.2) is 0 Å². The van der Waals surface area contributed by atoms with E-state index in [9.17, 15) is 4.79 Å². The predicted octanol–water partition coefficient (Wildman–Crippen LogP) is 3.11. The number of carbonyl (C=O) groups is 1. The number of hydrogen-bond donors (Lipinski definition) is 1. The topological polar surface area (TPSA) is 29.1 Å². The fourth-order valence-corrected chi connectivity index (χ4v) is 2.07. The maximum Gasteiger partial charge on any atom is 0.207 e. The van der Waals surface area contributed by atoms with Crippen molar-refractivity contribution in [1.82, 2.24) is 5.32 Å². The van der Waals surface area contributed by atoms with Crippen LogP contribution in [0.1, 0.15) is 23.6 Å². The van der Waals surface area contributed by atoms with E-state index in [0.717, 1.165) is 24.8 Å². The minimum absolute atomic E-state index is 0.0870. The maximum absolute atomic E-state index is 10.7. The second-order valence-electron chi connectivity index (χ2n) is 4.27. The molecule has 2 aromatic carbocycles. The van der Waals surface area contributed by atoms with Gasteiger partial charge in [0.1, 0.15) is 0 Å². The van der Waals surface area contributed by atoms with Crippen molar-refractivity contribution in [2.45, 2.75) is 18.9 Å². The molecule has 2 nitrogen and oxygen atoms in total. The Hall–Kier alpha value is -2.09. The van der Waals surface area contributed by atoms with Crippen LogP contribution in [-0.2, 0) is 11.2 Å². The summed E-state index contributed by atoms with van der Waals surface area (Å²) in [6.45, 7) is 0. The van der Waals surface area contributed by atoms with Gasteiger partial charge in [0.25, 0.3) is 0 Å². The van der Waals surface area contributed by atoms with E-state index in [1.807, 2.05) is 48.5 Å². The van der Waals surface area contributed by atoms with Crippen LogP contribution in [0.15, 0.2) is 60.7 Å². The molecule has 2 rings (SSSR count). The van der Waals surface area contributed by atoms with Crippen LogP contribution in [0, 0.1) is 0 Å². The first-order chi connectivity index (χ1) is 8.90. The Morgan fingerprint density at radius 1 is 0.944 bits per heavy atom. The van der Waals surface area contributed by atoms with E-state index in [1.165, 1.54) is 5.56 Å². The molecule has 0 aromatic heterocycles. The number of rotatable bonds is 6. The van der Waals surface area contributed by atoms with Gasteiger partial charge in [0.05, 0.1) is 6.04 Å². The lowest BCUT2D eigenvalue weighted by atomic mass is 9.99. The Kier molecular flexibility index (Phi) is 4.53. The van der Waals surface area contributed by atoms with Gasteiger partial charge >= 0.3 is 0 Å². The highest BCUT2D eigenvalue weighted by Gasteiger charge is 2.09. The van der Waals surface area contributed by atoms with E-state index >= 15 is 0 Å². The van der Waals surface area contributed by atoms with Crippen LogP contribution >= 0.6 is 0 Å². The summed E-state index contributed by atoms with van der Waals surface area (Å²) in [5.74, 6) is 0. The summed E-state index contributed by atoms with van der Waals surface area (Å²) in [4.78, 5) is 10.7. The third kappa shape index (κ3) is 3.45. The molecular weight excluding hydrogens is 222 g/mol. The fourth-order valence-electron chi connectivity index (χ4n) is 2.07. The quantitative estimate of drug-likeness (QED) is 0.771. The van der Waals surface area contributed by atoms with Crippen LogP contribution in [0.2, 0.25) is 0 Å². The van der Waals surface area contributed by atoms with Crippen molar-refractivity contribution in [2.24, 2.45) is 0 Å². The van der Waals surface area contributed by atoms with Crippen molar-refractivity contribution in [3.63, 3.8) is 0 Å². The molecule has 1 amide bonds. The molecule has 0 spiro atoms. The number of nitrogens with one attached hydrogen (secondary N) is 1. The van der Waals surface area contributed by atoms with Gasteiger partial charge in [0.15, 0.2) is 0 Å². The fraction of sp³-hybridized carbons (Fsp3) is 0.188. The van der Waals surface area contributed by atoms with Gasteiger partial charge in [0.2, 0.25) is 6.41 Å². The zero-order valence-electron chi connectivity index (χ0n) is 10.3. The zero-order valence-corrected chi connectivity index (χ0v) is 10.3. The molecule has 0 radical (unpaired) electrons. The summed E-state index contributed by atoms with van der Waals surface area (Å²) in [6.07, 6.45) is 2.65. The minimum Gasteiger partial charge on any atom is -0.352 e. The number of hydrogen-bond acceptors (Lipinski definition) is 1. The van der Waals surface area contributed by atoms with E-state index in [-0.39, 0.29) is 6.04 Å². The van der Waals surface area contributed by atoms with Crippen molar-refractivity contribution in [3.05, 3.63) is 71.8 Å². The summed E-state index contributed by atoms with van der Waals surface area (Å²) in [5.41, 5.74) is 2.45. The van der Waals surface area contributed by atoms with Gasteiger partial charge in [0, 0.05) is 0 Å². The summed E-state index contributed by atoms with van der Waals surface area (Å²) in [5, 5.41) is 2.89. The minimum atomic E-state index is 0.0870. The third-order valence-electron chi connectivity index (χ3n) is 3.04. The zero-order chi connectivity index (χ0) is 12.6. The number of aryl methyl sites for hydroxylation is 1. The highest BCUT2D eigenvalue weighted by atomic mass is 16.1. The molecular formula is C16H17NO. The molecule has 0 aliphatic carbocycles. The second-order valence-corrected chi connectivity index (χ2v) is 4.27. The van der Waals surface area contributed by atoms with E-state index in [2.05, 4.69) is 17.4 Å². The standard InChI is InChI=1S/C16H17NO/c18-13-17-16(15-9-5-2-6-10-15)12-11-14-7-3-1-4-8-14/h1-10,13,16H,11-12H2,(H,17,18). The first-order valence-electron chi connectivity index (χ1n) is 6.18. The monoisotopic (exact) mass is 239 g/mol. The highest BCUT2D eigenvalue weighted by molar-refractivity contribution is 5.47. The van der Waals surface area contributed by atoms with Crippen molar-refractivity contribution in [2.75, 3.05) is 0 Å². The molecule has 0 saturated carbocycles. The summed E-state index contributed by atoms with van der Waals surface area (Å²) >= 11 is 0. The SMILES string of the molecule is O=CNC(CCc1ccccc1)c1ccccc1. The largest absolute Gasteiger partial charge is 0.352 e. The average Bonchev–Trinajstić information content (AvgIpc) is 2.45. The molecule has 18 heavy (non-hydrogen) atoms. The molecule has 0 aliphatic heterocycles. The van der Waals surface area contributed by atoms with Crippen LogP contribution < -0.4 is 5.32 Å². The summed E-state index contributed by atoms with van der Waals surface area (Å²) < 4.78 is 0. The molecule has 2 aromatic rings. The first-order valence-corrected chi connectivity index (χ1v) is 6.18. The van der Waals surface area contributed by atoms with Crippen LogP contribution in [0.3, 0.4) is 0 Å². The van der Waals surface area contributed by atoms with E-state index in [0.29, 0.717) is 0 Å². The van der Waals surface area contributed by atoms with Gasteiger partial charge in [-0.3, -0.25) is 4.79 Å². The van der Waals surface area contributed by atoms with Gasteiger partial charge in [-0.2, -0.15) is 0 Å². The Morgan fingerprint density at radius 2 is 1.56 bits per heavy atom. The maximum atomic E-state index is 10.7.